The molecule has 9 heteroatoms. The minimum Gasteiger partial charge on any atom is -0.349 e. The highest BCUT2D eigenvalue weighted by Gasteiger charge is 2.21. The highest BCUT2D eigenvalue weighted by Crippen LogP contribution is 2.24. The fraction of sp³-hybridized carbons (Fsp3) is 0.0769. The number of hydrogen-bond donors (Lipinski definition) is 1. The molecular weight excluding hydrogens is 528 g/mol. The first-order valence-electron chi connectivity index (χ1n) is 10.6. The quantitative estimate of drug-likeness (QED) is 0.328. The molecule has 0 fully saturated rings. The standard InChI is InChI=1S/C26H21BrN4O3S/c1-18-25(26(32)31(30(18)2)22-6-4-3-5-7-22)29-21-12-8-19(9-13-21)16-24(17-28)35(33,34)23-14-10-20(27)11-15-23/h3-16,29H,1-2H3/b24-16+. The summed E-state index contributed by atoms with van der Waals surface area (Å²) in [7, 11) is -2.13. The number of hydrogen-bond acceptors (Lipinski definition) is 5. The molecule has 0 unspecified atom stereocenters. The largest absolute Gasteiger partial charge is 0.349 e. The van der Waals surface area contributed by atoms with Gasteiger partial charge in [0, 0.05) is 17.2 Å². The van der Waals surface area contributed by atoms with E-state index in [0.29, 0.717) is 16.9 Å². The summed E-state index contributed by atoms with van der Waals surface area (Å²) < 4.78 is 29.8. The van der Waals surface area contributed by atoms with Crippen molar-refractivity contribution in [2.45, 2.75) is 11.8 Å². The molecule has 4 rings (SSSR count). The summed E-state index contributed by atoms with van der Waals surface area (Å²) in [5.41, 5.74) is 2.97. The second-order valence-corrected chi connectivity index (χ2v) is 10.6. The number of nitrogens with zero attached hydrogens (tertiary/aromatic N) is 3. The number of halogens is 1. The lowest BCUT2D eigenvalue weighted by Crippen LogP contribution is -2.20. The van der Waals surface area contributed by atoms with Gasteiger partial charge in [-0.15, -0.1) is 0 Å². The maximum absolute atomic E-state index is 13.1. The van der Waals surface area contributed by atoms with Gasteiger partial charge in [0.1, 0.15) is 16.7 Å². The Bertz CT molecular complexity index is 1610. The van der Waals surface area contributed by atoms with Gasteiger partial charge in [-0.05, 0) is 67.1 Å². The molecule has 0 saturated carbocycles. The molecule has 0 bridgehead atoms. The van der Waals surface area contributed by atoms with Crippen LogP contribution < -0.4 is 10.9 Å². The van der Waals surface area contributed by atoms with Gasteiger partial charge in [-0.25, -0.2) is 13.1 Å². The van der Waals surface area contributed by atoms with Gasteiger partial charge in [0.2, 0.25) is 9.84 Å². The summed E-state index contributed by atoms with van der Waals surface area (Å²) in [4.78, 5) is 12.8. The average Bonchev–Trinajstić information content (AvgIpc) is 3.07. The Balaban J connectivity index is 1.62. The Morgan fingerprint density at radius 1 is 1.00 bits per heavy atom. The topological polar surface area (TPSA) is 96.9 Å². The monoisotopic (exact) mass is 548 g/mol. The number of anilines is 2. The SMILES string of the molecule is Cc1c(Nc2ccc(/C=C(\C#N)S(=O)(=O)c3ccc(Br)cc3)cc2)c(=O)n(-c2ccccc2)n1C. The van der Waals surface area contributed by atoms with Crippen molar-refractivity contribution in [1.29, 1.82) is 5.26 Å². The van der Waals surface area contributed by atoms with E-state index in [2.05, 4.69) is 21.2 Å². The van der Waals surface area contributed by atoms with E-state index in [9.17, 15) is 18.5 Å². The highest BCUT2D eigenvalue weighted by atomic mass is 79.9. The summed E-state index contributed by atoms with van der Waals surface area (Å²) in [6.45, 7) is 1.85. The van der Waals surface area contributed by atoms with Crippen molar-refractivity contribution in [3.8, 4) is 11.8 Å². The second-order valence-electron chi connectivity index (χ2n) is 7.76. The molecule has 0 aliphatic rings. The molecule has 0 aliphatic carbocycles. The minimum atomic E-state index is -3.95. The van der Waals surface area contributed by atoms with Crippen molar-refractivity contribution in [2.75, 3.05) is 5.32 Å². The molecule has 35 heavy (non-hydrogen) atoms. The van der Waals surface area contributed by atoms with Crippen LogP contribution in [0.25, 0.3) is 11.8 Å². The maximum atomic E-state index is 13.1. The van der Waals surface area contributed by atoms with Crippen LogP contribution in [0.15, 0.2) is 97.9 Å². The van der Waals surface area contributed by atoms with Crippen LogP contribution in [0.5, 0.6) is 0 Å². The van der Waals surface area contributed by atoms with Crippen LogP contribution in [0.1, 0.15) is 11.3 Å². The lowest BCUT2D eigenvalue weighted by molar-refractivity contribution is 0.603. The first kappa shape index (κ1) is 24.3. The zero-order valence-corrected chi connectivity index (χ0v) is 21.3. The molecule has 0 spiro atoms. The lowest BCUT2D eigenvalue weighted by Gasteiger charge is -2.07. The van der Waals surface area contributed by atoms with E-state index in [0.717, 1.165) is 15.9 Å². The Morgan fingerprint density at radius 2 is 1.63 bits per heavy atom. The van der Waals surface area contributed by atoms with Crippen LogP contribution in [0, 0.1) is 18.3 Å². The van der Waals surface area contributed by atoms with Crippen LogP contribution in [0.2, 0.25) is 0 Å². The molecule has 1 aromatic heterocycles. The van der Waals surface area contributed by atoms with Gasteiger partial charge in [0.25, 0.3) is 5.56 Å². The second kappa shape index (κ2) is 9.78. The average molecular weight is 549 g/mol. The van der Waals surface area contributed by atoms with Gasteiger partial charge in [0.05, 0.1) is 16.3 Å². The van der Waals surface area contributed by atoms with E-state index in [1.165, 1.54) is 18.2 Å². The van der Waals surface area contributed by atoms with Gasteiger partial charge in [-0.3, -0.25) is 9.48 Å². The van der Waals surface area contributed by atoms with E-state index < -0.39 is 9.84 Å². The molecule has 0 radical (unpaired) electrons. The first-order valence-corrected chi connectivity index (χ1v) is 12.8. The first-order chi connectivity index (χ1) is 16.7. The third-order valence-corrected chi connectivity index (χ3v) is 7.77. The van der Waals surface area contributed by atoms with Gasteiger partial charge in [0.15, 0.2) is 0 Å². The van der Waals surface area contributed by atoms with Crippen LogP contribution >= 0.6 is 15.9 Å². The summed E-state index contributed by atoms with van der Waals surface area (Å²) in [5, 5.41) is 12.7. The summed E-state index contributed by atoms with van der Waals surface area (Å²) in [6, 6.07) is 24.1. The van der Waals surface area contributed by atoms with Crippen molar-refractivity contribution in [3.63, 3.8) is 0 Å². The molecule has 176 valence electrons. The van der Waals surface area contributed by atoms with Crippen LogP contribution in [-0.2, 0) is 16.9 Å². The third kappa shape index (κ3) is 4.85. The molecule has 1 heterocycles. The normalized spacial score (nSPS) is 11.8. The maximum Gasteiger partial charge on any atom is 0.295 e. The Morgan fingerprint density at radius 3 is 2.23 bits per heavy atom. The number of rotatable bonds is 6. The number of para-hydroxylation sites is 1. The molecule has 3 aromatic carbocycles. The molecular formula is C26H21BrN4O3S. The number of benzene rings is 3. The number of nitrogens with one attached hydrogen (secondary N) is 1. The van der Waals surface area contributed by atoms with Crippen LogP contribution in [-0.4, -0.2) is 17.8 Å². The van der Waals surface area contributed by atoms with E-state index in [1.54, 1.807) is 51.8 Å². The van der Waals surface area contributed by atoms with E-state index in [-0.39, 0.29) is 15.4 Å². The molecule has 4 aromatic rings. The van der Waals surface area contributed by atoms with E-state index in [1.807, 2.05) is 44.3 Å². The molecule has 0 aliphatic heterocycles. The lowest BCUT2D eigenvalue weighted by atomic mass is 10.2. The molecule has 0 atom stereocenters. The van der Waals surface area contributed by atoms with E-state index >= 15 is 0 Å². The molecule has 7 nitrogen and oxygen atoms in total. The fourth-order valence-electron chi connectivity index (χ4n) is 3.58. The fourth-order valence-corrected chi connectivity index (χ4v) is 5.01. The van der Waals surface area contributed by atoms with Crippen LogP contribution in [0.4, 0.5) is 11.4 Å². The molecule has 1 N–H and O–H groups in total. The Hall–Kier alpha value is -3.87. The van der Waals surface area contributed by atoms with Crippen LogP contribution in [0.3, 0.4) is 0 Å². The Labute approximate surface area is 211 Å². The van der Waals surface area contributed by atoms with Crippen molar-refractivity contribution < 1.29 is 8.42 Å². The van der Waals surface area contributed by atoms with Crippen molar-refractivity contribution in [3.05, 3.63) is 110 Å². The van der Waals surface area contributed by atoms with Crippen molar-refractivity contribution >= 4 is 43.2 Å². The predicted octanol–water partition coefficient (Wildman–Crippen LogP) is 5.33. The summed E-state index contributed by atoms with van der Waals surface area (Å²) >= 11 is 3.27. The smallest absolute Gasteiger partial charge is 0.295 e. The Kier molecular flexibility index (Phi) is 6.78. The summed E-state index contributed by atoms with van der Waals surface area (Å²) in [5.74, 6) is 0. The summed E-state index contributed by atoms with van der Waals surface area (Å²) in [6.07, 6.45) is 1.33. The van der Waals surface area contributed by atoms with Gasteiger partial charge >= 0.3 is 0 Å². The zero-order valence-electron chi connectivity index (χ0n) is 18.9. The zero-order chi connectivity index (χ0) is 25.2. The number of sulfone groups is 1. The molecule has 0 amide bonds. The predicted molar refractivity (Wildman–Crippen MR) is 140 cm³/mol. The van der Waals surface area contributed by atoms with Crippen molar-refractivity contribution in [2.24, 2.45) is 7.05 Å². The van der Waals surface area contributed by atoms with Gasteiger partial charge in [-0.1, -0.05) is 46.3 Å². The number of nitriles is 1. The van der Waals surface area contributed by atoms with Gasteiger partial charge < -0.3 is 5.32 Å². The van der Waals surface area contributed by atoms with E-state index in [4.69, 9.17) is 0 Å². The third-order valence-electron chi connectivity index (χ3n) is 5.56. The van der Waals surface area contributed by atoms with Crippen molar-refractivity contribution in [1.82, 2.24) is 9.36 Å². The van der Waals surface area contributed by atoms with Gasteiger partial charge in [-0.2, -0.15) is 5.26 Å². The number of aromatic nitrogens is 2. The minimum absolute atomic E-state index is 0.0426. The number of allylic oxidation sites excluding steroid dienone is 1. The highest BCUT2D eigenvalue weighted by molar-refractivity contribution is 9.10. The molecule has 0 saturated heterocycles.